The van der Waals surface area contributed by atoms with E-state index in [0.717, 1.165) is 3.57 Å². The highest BCUT2D eigenvalue weighted by Gasteiger charge is 2.35. The predicted molar refractivity (Wildman–Crippen MR) is 190 cm³/mol. The van der Waals surface area contributed by atoms with Crippen molar-refractivity contribution in [3.8, 4) is 17.2 Å². The second kappa shape index (κ2) is 15.2. The van der Waals surface area contributed by atoms with Gasteiger partial charge >= 0.3 is 5.97 Å². The molecule has 0 radical (unpaired) electrons. The van der Waals surface area contributed by atoms with Crippen molar-refractivity contribution in [1.29, 1.82) is 0 Å². The van der Waals surface area contributed by atoms with Gasteiger partial charge in [0.05, 0.1) is 43.6 Å². The number of benzene rings is 3. The first kappa shape index (κ1) is 34.8. The van der Waals surface area contributed by atoms with Crippen LogP contribution in [0.3, 0.4) is 0 Å². The number of esters is 1. The number of halogens is 1. The lowest BCUT2D eigenvalue weighted by Gasteiger charge is -2.26. The maximum Gasteiger partial charge on any atom is 0.338 e. The average Bonchev–Trinajstić information content (AvgIpc) is 3.34. The molecule has 0 unspecified atom stereocenters. The summed E-state index contributed by atoms with van der Waals surface area (Å²) in [5.41, 5.74) is 2.37. The van der Waals surface area contributed by atoms with Gasteiger partial charge in [-0.25, -0.2) is 9.79 Å². The summed E-state index contributed by atoms with van der Waals surface area (Å²) < 4.78 is 26.2. The van der Waals surface area contributed by atoms with Crippen molar-refractivity contribution >= 4 is 51.7 Å². The third-order valence-electron chi connectivity index (χ3n) is 7.23. The summed E-state index contributed by atoms with van der Waals surface area (Å²) in [7, 11) is 0. The van der Waals surface area contributed by atoms with E-state index >= 15 is 0 Å². The van der Waals surface area contributed by atoms with E-state index in [9.17, 15) is 19.7 Å². The summed E-state index contributed by atoms with van der Waals surface area (Å²) in [6.45, 7) is 9.79. The number of allylic oxidation sites excluding steroid dienone is 1. The first-order valence-corrected chi connectivity index (χ1v) is 17.2. The Labute approximate surface area is 294 Å². The Morgan fingerprint density at radius 1 is 1.08 bits per heavy atom. The minimum absolute atomic E-state index is 0.0182. The van der Waals surface area contributed by atoms with E-state index in [-0.39, 0.29) is 36.1 Å². The molecule has 1 aliphatic heterocycles. The van der Waals surface area contributed by atoms with Gasteiger partial charge in [-0.2, -0.15) is 0 Å². The third kappa shape index (κ3) is 7.46. The minimum atomic E-state index is -0.818. The number of nitro groups is 1. The molecule has 1 aliphatic rings. The second-order valence-corrected chi connectivity index (χ2v) is 13.2. The van der Waals surface area contributed by atoms with Crippen molar-refractivity contribution in [1.82, 2.24) is 4.57 Å². The monoisotopic (exact) mass is 783 g/mol. The Balaban J connectivity index is 1.59. The molecule has 0 fully saturated rings. The van der Waals surface area contributed by atoms with Crippen molar-refractivity contribution < 1.29 is 28.7 Å². The maximum absolute atomic E-state index is 14.2. The first-order valence-electron chi connectivity index (χ1n) is 15.3. The molecule has 13 heteroatoms. The number of non-ortho nitro benzene ring substituents is 1. The Hall–Kier alpha value is -4.50. The van der Waals surface area contributed by atoms with Gasteiger partial charge < -0.3 is 18.9 Å². The normalized spacial score (nSPS) is 14.4. The van der Waals surface area contributed by atoms with Crippen LogP contribution < -0.4 is 29.1 Å². The quantitative estimate of drug-likeness (QED) is 0.0732. The molecule has 250 valence electrons. The van der Waals surface area contributed by atoms with E-state index in [0.29, 0.717) is 55.6 Å². The number of hydrogen-bond donors (Lipinski definition) is 0. The molecule has 0 bridgehead atoms. The van der Waals surface area contributed by atoms with Crippen LogP contribution in [0, 0.1) is 13.7 Å². The summed E-state index contributed by atoms with van der Waals surface area (Å²) in [4.78, 5) is 43.5. The highest BCUT2D eigenvalue weighted by molar-refractivity contribution is 14.1. The van der Waals surface area contributed by atoms with Crippen LogP contribution >= 0.6 is 33.9 Å². The van der Waals surface area contributed by atoms with Crippen LogP contribution in [0.15, 0.2) is 81.7 Å². The lowest BCUT2D eigenvalue weighted by molar-refractivity contribution is -0.384. The number of ether oxygens (including phenoxy) is 4. The SMILES string of the molecule is CCOC(=O)C1=C(C)N=c2s/c(=C/c3cc(I)c(OCc4cccc([N+](=O)[O-])c4)c(OCC)c3)c(=O)n2[C@@H]1c1ccccc1OC(C)C. The van der Waals surface area contributed by atoms with E-state index in [4.69, 9.17) is 18.9 Å². The highest BCUT2D eigenvalue weighted by atomic mass is 127. The zero-order valence-electron chi connectivity index (χ0n) is 27.0. The predicted octanol–water partition coefficient (Wildman–Crippen LogP) is 6.08. The Kier molecular flexibility index (Phi) is 11.0. The van der Waals surface area contributed by atoms with Crippen LogP contribution in [-0.2, 0) is 16.1 Å². The number of rotatable bonds is 12. The molecule has 1 aromatic heterocycles. The molecule has 0 saturated carbocycles. The zero-order valence-corrected chi connectivity index (χ0v) is 30.0. The molecule has 0 amide bonds. The summed E-state index contributed by atoms with van der Waals surface area (Å²) in [5.74, 6) is 0.958. The third-order valence-corrected chi connectivity index (χ3v) is 9.01. The number of aromatic nitrogens is 1. The summed E-state index contributed by atoms with van der Waals surface area (Å²) in [5, 5.41) is 11.2. The van der Waals surface area contributed by atoms with Crippen LogP contribution in [0.5, 0.6) is 17.2 Å². The van der Waals surface area contributed by atoms with Gasteiger partial charge in [-0.15, -0.1) is 0 Å². The van der Waals surface area contributed by atoms with Crippen LogP contribution in [-0.4, -0.2) is 34.8 Å². The molecule has 5 rings (SSSR count). The minimum Gasteiger partial charge on any atom is -0.491 e. The average molecular weight is 784 g/mol. The number of hydrogen-bond acceptors (Lipinski definition) is 10. The molecular weight excluding hydrogens is 749 g/mol. The smallest absolute Gasteiger partial charge is 0.338 e. The topological polar surface area (TPSA) is 131 Å². The lowest BCUT2D eigenvalue weighted by Crippen LogP contribution is -2.40. The maximum atomic E-state index is 14.2. The number of fused-ring (bicyclic) bond motifs is 1. The van der Waals surface area contributed by atoms with Crippen molar-refractivity contribution in [2.24, 2.45) is 4.99 Å². The van der Waals surface area contributed by atoms with E-state index < -0.39 is 16.9 Å². The van der Waals surface area contributed by atoms with Crippen molar-refractivity contribution in [3.63, 3.8) is 0 Å². The van der Waals surface area contributed by atoms with Gasteiger partial charge in [0.1, 0.15) is 18.4 Å². The summed E-state index contributed by atoms with van der Waals surface area (Å²) >= 11 is 3.36. The fourth-order valence-corrected chi connectivity index (χ4v) is 7.12. The largest absolute Gasteiger partial charge is 0.491 e. The molecule has 0 saturated heterocycles. The van der Waals surface area contributed by atoms with Gasteiger partial charge in [-0.1, -0.05) is 41.7 Å². The highest BCUT2D eigenvalue weighted by Crippen LogP contribution is 2.37. The van der Waals surface area contributed by atoms with Gasteiger partial charge in [0.25, 0.3) is 11.2 Å². The van der Waals surface area contributed by atoms with Crippen LogP contribution in [0.4, 0.5) is 5.69 Å². The Morgan fingerprint density at radius 3 is 2.56 bits per heavy atom. The van der Waals surface area contributed by atoms with Crippen LogP contribution in [0.25, 0.3) is 6.08 Å². The molecule has 0 aliphatic carbocycles. The Bertz CT molecular complexity index is 2090. The molecular formula is C35H34IN3O8S. The second-order valence-electron chi connectivity index (χ2n) is 11.0. The number of carbonyl (C=O) groups is 1. The van der Waals surface area contributed by atoms with E-state index in [2.05, 4.69) is 27.6 Å². The molecule has 0 N–H and O–H groups in total. The number of nitro benzene ring substituents is 1. The molecule has 3 aromatic carbocycles. The van der Waals surface area contributed by atoms with Gasteiger partial charge in [0.2, 0.25) is 0 Å². The van der Waals surface area contributed by atoms with Crippen molar-refractivity contribution in [3.05, 3.63) is 122 Å². The lowest BCUT2D eigenvalue weighted by atomic mass is 9.95. The summed E-state index contributed by atoms with van der Waals surface area (Å²) in [6, 6.07) is 16.5. The summed E-state index contributed by atoms with van der Waals surface area (Å²) in [6.07, 6.45) is 1.62. The van der Waals surface area contributed by atoms with Crippen molar-refractivity contribution in [2.75, 3.05) is 13.2 Å². The zero-order chi connectivity index (χ0) is 34.5. The first-order chi connectivity index (χ1) is 23.0. The van der Waals surface area contributed by atoms with E-state index in [1.165, 1.54) is 28.0 Å². The molecule has 4 aromatic rings. The van der Waals surface area contributed by atoms with Crippen molar-refractivity contribution in [2.45, 2.75) is 53.4 Å². The number of carbonyl (C=O) groups excluding carboxylic acids is 1. The molecule has 11 nitrogen and oxygen atoms in total. The fourth-order valence-electron chi connectivity index (χ4n) is 5.29. The number of nitrogens with zero attached hydrogens (tertiary/aromatic N) is 3. The van der Waals surface area contributed by atoms with Gasteiger partial charge in [-0.05, 0) is 92.6 Å². The number of thiazole rings is 1. The van der Waals surface area contributed by atoms with Gasteiger partial charge in [0, 0.05) is 17.7 Å². The Morgan fingerprint density at radius 2 is 1.85 bits per heavy atom. The van der Waals surface area contributed by atoms with E-state index in [1.807, 2.05) is 51.1 Å². The molecule has 2 heterocycles. The molecule has 1 atom stereocenters. The molecule has 0 spiro atoms. The van der Waals surface area contributed by atoms with Gasteiger partial charge in [0.15, 0.2) is 16.3 Å². The standard InChI is InChI=1S/C35H34IN3O8S/c1-6-44-28-17-23(16-26(36)32(28)46-19-22-11-10-12-24(15-22)39(42)43)18-29-33(40)38-31(25-13-8-9-14-27(25)47-20(3)4)30(34(41)45-7-2)21(5)37-35(38)48-29/h8-18,20,31H,6-7,19H2,1-5H3/b29-18+/t31-/m1/s1. The van der Waals surface area contributed by atoms with Gasteiger partial charge in [-0.3, -0.25) is 19.5 Å². The molecule has 48 heavy (non-hydrogen) atoms. The van der Waals surface area contributed by atoms with Crippen LogP contribution in [0.1, 0.15) is 57.4 Å². The fraction of sp³-hybridized carbons (Fsp3) is 0.286. The van der Waals surface area contributed by atoms with E-state index in [1.54, 1.807) is 38.1 Å². The number of para-hydroxylation sites is 1. The van der Waals surface area contributed by atoms with Crippen LogP contribution in [0.2, 0.25) is 0 Å².